The highest BCUT2D eigenvalue weighted by molar-refractivity contribution is 6.71. The van der Waals surface area contributed by atoms with E-state index < -0.39 is 5.97 Å². The molecule has 3 rings (SSSR count). The average Bonchev–Trinajstić information content (AvgIpc) is 2.90. The highest BCUT2D eigenvalue weighted by Gasteiger charge is 2.30. The number of aromatic carboxylic acids is 1. The van der Waals surface area contributed by atoms with Crippen molar-refractivity contribution in [1.29, 1.82) is 0 Å². The Morgan fingerprint density at radius 2 is 1.85 bits per heavy atom. The van der Waals surface area contributed by atoms with E-state index in [1.165, 1.54) is 17.1 Å². The summed E-state index contributed by atoms with van der Waals surface area (Å²) in [5.74, 6) is -1.45. The summed E-state index contributed by atoms with van der Waals surface area (Å²) in [6.07, 6.45) is 0. The molecule has 0 aromatic heterocycles. The number of carbonyl (C=O) groups is 2. The van der Waals surface area contributed by atoms with Crippen molar-refractivity contribution in [2.24, 2.45) is 10.1 Å². The average molecular weight is 350 g/mol. The second kappa shape index (κ2) is 6.79. The lowest BCUT2D eigenvalue weighted by Crippen LogP contribution is -2.27. The Morgan fingerprint density at radius 3 is 2.46 bits per heavy atom. The summed E-state index contributed by atoms with van der Waals surface area (Å²) in [4.78, 5) is 30.2. The van der Waals surface area contributed by atoms with Gasteiger partial charge in [-0.05, 0) is 49.4 Å². The number of hydrogen-bond donors (Lipinski definition) is 1. The molecule has 7 nitrogen and oxygen atoms in total. The van der Waals surface area contributed by atoms with Crippen LogP contribution in [0.2, 0.25) is 0 Å². The van der Waals surface area contributed by atoms with Crippen LogP contribution in [0.15, 0.2) is 58.6 Å². The van der Waals surface area contributed by atoms with Crippen molar-refractivity contribution < 1.29 is 14.7 Å². The summed E-state index contributed by atoms with van der Waals surface area (Å²) < 4.78 is 0. The van der Waals surface area contributed by atoms with Crippen LogP contribution in [0.3, 0.4) is 0 Å². The quantitative estimate of drug-likeness (QED) is 0.918. The van der Waals surface area contributed by atoms with Crippen LogP contribution < -0.4 is 9.91 Å². The lowest BCUT2D eigenvalue weighted by molar-refractivity contribution is -0.112. The van der Waals surface area contributed by atoms with Crippen molar-refractivity contribution >= 4 is 40.4 Å². The van der Waals surface area contributed by atoms with E-state index in [1.54, 1.807) is 19.1 Å². The Bertz CT molecular complexity index is 930. The number of amides is 1. The van der Waals surface area contributed by atoms with Crippen LogP contribution in [-0.2, 0) is 4.79 Å². The van der Waals surface area contributed by atoms with Gasteiger partial charge in [-0.2, -0.15) is 10.1 Å². The van der Waals surface area contributed by atoms with Gasteiger partial charge in [0.15, 0.2) is 5.71 Å². The van der Waals surface area contributed by atoms with Crippen molar-refractivity contribution in [1.82, 2.24) is 0 Å². The Labute approximate surface area is 150 Å². The van der Waals surface area contributed by atoms with Gasteiger partial charge < -0.3 is 10.0 Å². The molecule has 26 heavy (non-hydrogen) atoms. The maximum Gasteiger partial charge on any atom is 0.335 e. The van der Waals surface area contributed by atoms with Gasteiger partial charge in [0.2, 0.25) is 0 Å². The molecular formula is C19H18N4O3. The van der Waals surface area contributed by atoms with E-state index >= 15 is 0 Å². The van der Waals surface area contributed by atoms with E-state index in [9.17, 15) is 9.59 Å². The van der Waals surface area contributed by atoms with Crippen LogP contribution in [0.1, 0.15) is 17.3 Å². The maximum absolute atomic E-state index is 12.7. The minimum atomic E-state index is -1.06. The zero-order valence-corrected chi connectivity index (χ0v) is 14.7. The van der Waals surface area contributed by atoms with Crippen molar-refractivity contribution in [3.05, 3.63) is 54.1 Å². The van der Waals surface area contributed by atoms with Gasteiger partial charge in [0, 0.05) is 19.8 Å². The van der Waals surface area contributed by atoms with Gasteiger partial charge in [-0.15, -0.1) is 0 Å². The SMILES string of the molecule is CC1=NN(c2cccc(C(=O)O)c2)C(=O)C1=Nc1ccc(N(C)C)cc1. The molecule has 0 unspecified atom stereocenters. The third-order valence-electron chi connectivity index (χ3n) is 3.93. The third kappa shape index (κ3) is 3.32. The molecule has 0 fully saturated rings. The Kier molecular flexibility index (Phi) is 4.53. The predicted molar refractivity (Wildman–Crippen MR) is 102 cm³/mol. The van der Waals surface area contributed by atoms with E-state index in [4.69, 9.17) is 5.11 Å². The van der Waals surface area contributed by atoms with Crippen LogP contribution in [0.4, 0.5) is 17.1 Å². The number of hydrogen-bond acceptors (Lipinski definition) is 5. The molecule has 0 saturated heterocycles. The number of aliphatic imine (C=N–C) groups is 1. The van der Waals surface area contributed by atoms with Crippen molar-refractivity contribution in [2.45, 2.75) is 6.92 Å². The molecule has 2 aromatic rings. The summed E-state index contributed by atoms with van der Waals surface area (Å²) in [6.45, 7) is 1.70. The van der Waals surface area contributed by atoms with Crippen LogP contribution in [0.5, 0.6) is 0 Å². The Balaban J connectivity index is 1.90. The van der Waals surface area contributed by atoms with Crippen molar-refractivity contribution in [3.63, 3.8) is 0 Å². The van der Waals surface area contributed by atoms with Gasteiger partial charge in [0.05, 0.1) is 22.6 Å². The second-order valence-electron chi connectivity index (χ2n) is 6.03. The second-order valence-corrected chi connectivity index (χ2v) is 6.03. The lowest BCUT2D eigenvalue weighted by atomic mass is 10.2. The van der Waals surface area contributed by atoms with Crippen molar-refractivity contribution in [2.75, 3.05) is 24.0 Å². The fourth-order valence-corrected chi connectivity index (χ4v) is 2.53. The smallest absolute Gasteiger partial charge is 0.335 e. The van der Waals surface area contributed by atoms with Gasteiger partial charge in [-0.25, -0.2) is 9.79 Å². The number of carbonyl (C=O) groups excluding carboxylic acids is 1. The van der Waals surface area contributed by atoms with Gasteiger partial charge in [-0.3, -0.25) is 4.79 Å². The normalized spacial score (nSPS) is 15.3. The van der Waals surface area contributed by atoms with Crippen LogP contribution in [0, 0.1) is 0 Å². The largest absolute Gasteiger partial charge is 0.478 e. The minimum absolute atomic E-state index is 0.0906. The number of nitrogens with zero attached hydrogens (tertiary/aromatic N) is 4. The van der Waals surface area contributed by atoms with Gasteiger partial charge in [0.25, 0.3) is 5.91 Å². The highest BCUT2D eigenvalue weighted by Crippen LogP contribution is 2.24. The molecule has 0 radical (unpaired) electrons. The zero-order chi connectivity index (χ0) is 18.8. The molecule has 0 aliphatic carbocycles. The highest BCUT2D eigenvalue weighted by atomic mass is 16.4. The first-order chi connectivity index (χ1) is 12.4. The molecule has 1 amide bonds. The van der Waals surface area contributed by atoms with Crippen LogP contribution in [0.25, 0.3) is 0 Å². The molecule has 0 bridgehead atoms. The molecule has 0 spiro atoms. The molecule has 1 N–H and O–H groups in total. The van der Waals surface area contributed by atoms with Crippen LogP contribution in [-0.4, -0.2) is 42.5 Å². The lowest BCUT2D eigenvalue weighted by Gasteiger charge is -2.12. The number of carboxylic acid groups (broad SMARTS) is 1. The Hall–Kier alpha value is -3.48. The first-order valence-corrected chi connectivity index (χ1v) is 7.96. The van der Waals surface area contributed by atoms with E-state index in [2.05, 4.69) is 10.1 Å². The number of hydrazone groups is 1. The molecule has 0 saturated carbocycles. The number of anilines is 2. The summed E-state index contributed by atoms with van der Waals surface area (Å²) in [7, 11) is 3.89. The topological polar surface area (TPSA) is 85.6 Å². The molecule has 1 aliphatic heterocycles. The van der Waals surface area contributed by atoms with E-state index in [0.717, 1.165) is 5.69 Å². The molecule has 1 heterocycles. The summed E-state index contributed by atoms with van der Waals surface area (Å²) in [5, 5.41) is 14.5. The molecule has 7 heteroatoms. The molecular weight excluding hydrogens is 332 g/mol. The maximum atomic E-state index is 12.7. The standard InChI is InChI=1S/C19H18N4O3/c1-12-17(20-14-7-9-15(10-8-14)22(2)3)18(24)23(21-12)16-6-4-5-13(11-16)19(25)26/h4-11H,1-3H3,(H,25,26). The molecule has 2 aromatic carbocycles. The monoisotopic (exact) mass is 350 g/mol. The fraction of sp³-hybridized carbons (Fsp3) is 0.158. The van der Waals surface area contributed by atoms with E-state index in [-0.39, 0.29) is 17.2 Å². The van der Waals surface area contributed by atoms with E-state index in [1.807, 2.05) is 43.3 Å². The van der Waals surface area contributed by atoms with Crippen molar-refractivity contribution in [3.8, 4) is 0 Å². The first kappa shape index (κ1) is 17.3. The fourth-order valence-electron chi connectivity index (χ4n) is 2.53. The first-order valence-electron chi connectivity index (χ1n) is 7.96. The summed E-state index contributed by atoms with van der Waals surface area (Å²) in [6, 6.07) is 13.6. The number of benzene rings is 2. The summed E-state index contributed by atoms with van der Waals surface area (Å²) in [5.41, 5.74) is 2.88. The van der Waals surface area contributed by atoms with E-state index in [0.29, 0.717) is 17.1 Å². The Morgan fingerprint density at radius 1 is 1.15 bits per heavy atom. The molecule has 132 valence electrons. The minimum Gasteiger partial charge on any atom is -0.478 e. The molecule has 1 aliphatic rings. The number of carboxylic acids is 1. The van der Waals surface area contributed by atoms with Crippen LogP contribution >= 0.6 is 0 Å². The third-order valence-corrected chi connectivity index (χ3v) is 3.93. The number of rotatable bonds is 4. The summed E-state index contributed by atoms with van der Waals surface area (Å²) >= 11 is 0. The predicted octanol–water partition coefficient (Wildman–Crippen LogP) is 2.95. The molecule has 0 atom stereocenters. The van der Waals surface area contributed by atoms with Gasteiger partial charge >= 0.3 is 5.97 Å². The van der Waals surface area contributed by atoms with Gasteiger partial charge in [-0.1, -0.05) is 6.07 Å². The van der Waals surface area contributed by atoms with Gasteiger partial charge in [0.1, 0.15) is 0 Å². The zero-order valence-electron chi connectivity index (χ0n) is 14.7.